The molecule has 1 aliphatic heterocycles. The van der Waals surface area contributed by atoms with Gasteiger partial charge in [-0.25, -0.2) is 17.9 Å². The first-order valence-corrected chi connectivity index (χ1v) is 11.2. The van der Waals surface area contributed by atoms with Gasteiger partial charge in [-0.15, -0.1) is 11.8 Å². The van der Waals surface area contributed by atoms with E-state index in [-0.39, 0.29) is 16.1 Å². The lowest BCUT2D eigenvalue weighted by Crippen LogP contribution is -2.34. The third-order valence-electron chi connectivity index (χ3n) is 5.22. The smallest absolute Gasteiger partial charge is 0.304 e. The van der Waals surface area contributed by atoms with Gasteiger partial charge in [0.25, 0.3) is 0 Å². The maximum atomic E-state index is 12.7. The molecule has 142 valence electrons. The average Bonchev–Trinajstić information content (AvgIpc) is 3.06. The Hall–Kier alpha value is -1.29. The van der Waals surface area contributed by atoms with Gasteiger partial charge >= 0.3 is 5.69 Å². The number of hydrogen-bond acceptors (Lipinski definition) is 5. The van der Waals surface area contributed by atoms with Gasteiger partial charge in [0.05, 0.1) is 21.3 Å². The number of nitrogens with one attached hydrogen (secondary N) is 2. The van der Waals surface area contributed by atoms with Crippen LogP contribution in [0.2, 0.25) is 0 Å². The summed E-state index contributed by atoms with van der Waals surface area (Å²) in [7, 11) is -1.90. The maximum absolute atomic E-state index is 12.7. The molecule has 0 radical (unpaired) electrons. The second-order valence-corrected chi connectivity index (χ2v) is 10.9. The fourth-order valence-corrected chi connectivity index (χ4v) is 6.08. The minimum absolute atomic E-state index is 0.114. The van der Waals surface area contributed by atoms with Crippen LogP contribution in [0.5, 0.6) is 0 Å². The molecule has 1 aliphatic carbocycles. The Bertz CT molecular complexity index is 1020. The minimum Gasteiger partial charge on any atom is -0.304 e. The van der Waals surface area contributed by atoms with Gasteiger partial charge < -0.3 is 5.32 Å². The van der Waals surface area contributed by atoms with Gasteiger partial charge in [0.1, 0.15) is 0 Å². The van der Waals surface area contributed by atoms with Crippen molar-refractivity contribution in [3.63, 3.8) is 0 Å². The van der Waals surface area contributed by atoms with Gasteiger partial charge in [0.15, 0.2) is 0 Å². The summed E-state index contributed by atoms with van der Waals surface area (Å²) >= 11 is 1.82. The van der Waals surface area contributed by atoms with E-state index >= 15 is 0 Å². The van der Waals surface area contributed by atoms with Crippen molar-refractivity contribution in [1.29, 1.82) is 0 Å². The number of benzene rings is 1. The standard InChI is InChI=1S/C17H24N4O3S2/c1-11-18-9-12(25-11)10-21-14-5-4-13(8-15(14)20(3)16(21)22)26(23,24)19-17(2)6-7-17/h4-5,8,11-12,18-19H,6-7,9-10H2,1-3H3. The average molecular weight is 397 g/mol. The summed E-state index contributed by atoms with van der Waals surface area (Å²) < 4.78 is 31.3. The fourth-order valence-electron chi connectivity index (χ4n) is 3.40. The van der Waals surface area contributed by atoms with E-state index in [4.69, 9.17) is 0 Å². The largest absolute Gasteiger partial charge is 0.328 e. The van der Waals surface area contributed by atoms with Gasteiger partial charge in [-0.2, -0.15) is 0 Å². The Balaban J connectivity index is 1.71. The number of thioether (sulfide) groups is 1. The number of rotatable bonds is 5. The number of sulfonamides is 1. The number of aryl methyl sites for hydroxylation is 1. The molecule has 1 saturated heterocycles. The number of aromatic nitrogens is 2. The predicted molar refractivity (Wildman–Crippen MR) is 104 cm³/mol. The second kappa shape index (κ2) is 6.12. The van der Waals surface area contributed by atoms with Crippen molar-refractivity contribution in [3.05, 3.63) is 28.7 Å². The number of fused-ring (bicyclic) bond motifs is 1. The van der Waals surface area contributed by atoms with Gasteiger partial charge in [-0.05, 0) is 44.9 Å². The number of imidazole rings is 1. The van der Waals surface area contributed by atoms with Crippen LogP contribution in [0.3, 0.4) is 0 Å². The van der Waals surface area contributed by atoms with Crippen molar-refractivity contribution in [2.24, 2.45) is 7.05 Å². The van der Waals surface area contributed by atoms with Crippen LogP contribution in [0.25, 0.3) is 11.0 Å². The highest BCUT2D eigenvalue weighted by Crippen LogP contribution is 2.36. The lowest BCUT2D eigenvalue weighted by atomic mass is 10.3. The predicted octanol–water partition coefficient (Wildman–Crippen LogP) is 1.22. The zero-order valence-electron chi connectivity index (χ0n) is 15.2. The van der Waals surface area contributed by atoms with Crippen LogP contribution < -0.4 is 15.7 Å². The van der Waals surface area contributed by atoms with Crippen LogP contribution in [0.4, 0.5) is 0 Å². The molecule has 7 nitrogen and oxygen atoms in total. The Morgan fingerprint density at radius 3 is 2.69 bits per heavy atom. The molecule has 0 spiro atoms. The minimum atomic E-state index is -3.59. The first-order chi connectivity index (χ1) is 12.2. The molecule has 26 heavy (non-hydrogen) atoms. The maximum Gasteiger partial charge on any atom is 0.328 e. The van der Waals surface area contributed by atoms with Crippen molar-refractivity contribution in [2.45, 2.75) is 54.3 Å². The van der Waals surface area contributed by atoms with Gasteiger partial charge in [0, 0.05) is 30.9 Å². The van der Waals surface area contributed by atoms with Crippen molar-refractivity contribution < 1.29 is 8.42 Å². The normalized spacial score (nSPS) is 25.0. The SMILES string of the molecule is CC1NCC(Cn2c(=O)n(C)c3cc(S(=O)(=O)NC4(C)CC4)ccc32)S1. The fraction of sp³-hybridized carbons (Fsp3) is 0.588. The van der Waals surface area contributed by atoms with E-state index in [2.05, 4.69) is 17.0 Å². The lowest BCUT2D eigenvalue weighted by Gasteiger charge is -2.13. The van der Waals surface area contributed by atoms with Crippen molar-refractivity contribution >= 4 is 32.8 Å². The molecule has 4 rings (SSSR count). The van der Waals surface area contributed by atoms with Crippen LogP contribution in [-0.4, -0.2) is 40.3 Å². The Morgan fingerprint density at radius 2 is 2.08 bits per heavy atom. The third kappa shape index (κ3) is 3.21. The van der Waals surface area contributed by atoms with E-state index < -0.39 is 10.0 Å². The van der Waals surface area contributed by atoms with E-state index in [9.17, 15) is 13.2 Å². The first-order valence-electron chi connectivity index (χ1n) is 8.81. The first kappa shape index (κ1) is 18.1. The Morgan fingerprint density at radius 1 is 1.35 bits per heavy atom. The summed E-state index contributed by atoms with van der Waals surface area (Å²) in [5, 5.41) is 4.09. The van der Waals surface area contributed by atoms with E-state index in [1.165, 1.54) is 4.57 Å². The summed E-state index contributed by atoms with van der Waals surface area (Å²) in [6.07, 6.45) is 1.71. The molecule has 2 aliphatic rings. The van der Waals surface area contributed by atoms with Gasteiger partial charge in [-0.1, -0.05) is 0 Å². The zero-order valence-corrected chi connectivity index (χ0v) is 16.8. The zero-order chi connectivity index (χ0) is 18.7. The summed E-state index contributed by atoms with van der Waals surface area (Å²) in [6, 6.07) is 4.94. The molecule has 2 aromatic rings. The highest BCUT2D eigenvalue weighted by atomic mass is 32.2. The van der Waals surface area contributed by atoms with E-state index in [0.29, 0.717) is 22.7 Å². The number of hydrogen-bond donors (Lipinski definition) is 2. The molecular weight excluding hydrogens is 372 g/mol. The third-order valence-corrected chi connectivity index (χ3v) is 8.14. The van der Waals surface area contributed by atoms with Crippen LogP contribution in [0.1, 0.15) is 26.7 Å². The molecule has 1 saturated carbocycles. The summed E-state index contributed by atoms with van der Waals surface area (Å²) in [5.74, 6) is 0. The quantitative estimate of drug-likeness (QED) is 0.794. The lowest BCUT2D eigenvalue weighted by molar-refractivity contribution is 0.558. The van der Waals surface area contributed by atoms with E-state index in [0.717, 1.165) is 24.9 Å². The van der Waals surface area contributed by atoms with E-state index in [1.807, 2.05) is 18.7 Å². The summed E-state index contributed by atoms with van der Waals surface area (Å²) in [5.41, 5.74) is 0.975. The van der Waals surface area contributed by atoms with Crippen LogP contribution in [0, 0.1) is 0 Å². The summed E-state index contributed by atoms with van der Waals surface area (Å²) in [6.45, 7) is 5.49. The molecular formula is C17H24N4O3S2. The van der Waals surface area contributed by atoms with Crippen LogP contribution >= 0.6 is 11.8 Å². The molecule has 1 aromatic carbocycles. The molecule has 2 atom stereocenters. The Labute approximate surface area is 157 Å². The van der Waals surface area contributed by atoms with Crippen molar-refractivity contribution in [1.82, 2.24) is 19.2 Å². The molecule has 2 fully saturated rings. The molecule has 2 N–H and O–H groups in total. The highest BCUT2D eigenvalue weighted by Gasteiger charge is 2.41. The van der Waals surface area contributed by atoms with Crippen molar-refractivity contribution in [2.75, 3.05) is 6.54 Å². The molecule has 2 unspecified atom stereocenters. The Kier molecular flexibility index (Phi) is 4.26. The number of nitrogens with zero attached hydrogens (tertiary/aromatic N) is 2. The second-order valence-electron chi connectivity index (χ2n) is 7.58. The molecule has 0 bridgehead atoms. The van der Waals surface area contributed by atoms with Gasteiger partial charge in [-0.3, -0.25) is 9.13 Å². The van der Waals surface area contributed by atoms with Crippen molar-refractivity contribution in [3.8, 4) is 0 Å². The molecule has 1 aromatic heterocycles. The van der Waals surface area contributed by atoms with Crippen LogP contribution in [0.15, 0.2) is 27.9 Å². The monoisotopic (exact) mass is 396 g/mol. The van der Waals surface area contributed by atoms with Gasteiger partial charge in [0.2, 0.25) is 10.0 Å². The summed E-state index contributed by atoms with van der Waals surface area (Å²) in [4.78, 5) is 12.9. The highest BCUT2D eigenvalue weighted by molar-refractivity contribution is 8.00. The molecule has 0 amide bonds. The topological polar surface area (TPSA) is 85.1 Å². The van der Waals surface area contributed by atoms with E-state index in [1.54, 1.807) is 29.8 Å². The van der Waals surface area contributed by atoms with Crippen LogP contribution in [-0.2, 0) is 23.6 Å². The molecule has 9 heteroatoms. The molecule has 2 heterocycles.